The number of hydrogen-bond donors (Lipinski definition) is 3. The summed E-state index contributed by atoms with van der Waals surface area (Å²) in [5, 5.41) is 23.0. The number of rotatable bonds is 18. The molecule has 12 nitrogen and oxygen atoms in total. The summed E-state index contributed by atoms with van der Waals surface area (Å²) in [5.74, 6) is 0.188. The Hall–Kier alpha value is -4.94. The third-order valence-corrected chi connectivity index (χ3v) is 8.64. The number of amides is 3. The normalized spacial score (nSPS) is 16.6. The summed E-state index contributed by atoms with van der Waals surface area (Å²) in [5.41, 5.74) is 0.862. The summed E-state index contributed by atoms with van der Waals surface area (Å²) in [6.45, 7) is 7.80. The zero-order valence-electron chi connectivity index (χ0n) is 29.5. The number of carbonyl (C=O) groups is 3. The van der Waals surface area contributed by atoms with Crippen LogP contribution in [-0.2, 0) is 24.7 Å². The number of aliphatic hydroxyl groups excluding tert-OH is 1. The number of carbonyl (C=O) groups excluding carboxylic acids is 3. The summed E-state index contributed by atoms with van der Waals surface area (Å²) in [4.78, 5) is 40.2. The second-order valence-electron chi connectivity index (χ2n) is 12.2. The molecule has 3 amide bonds. The fourth-order valence-electron chi connectivity index (χ4n) is 5.86. The molecule has 0 saturated carbocycles. The number of aliphatic hydroxyl groups is 1. The van der Waals surface area contributed by atoms with Crippen LogP contribution in [0.3, 0.4) is 0 Å². The van der Waals surface area contributed by atoms with Gasteiger partial charge in [-0.05, 0) is 80.6 Å². The highest BCUT2D eigenvalue weighted by atomic mass is 16.7. The first kappa shape index (κ1) is 37.9. The van der Waals surface area contributed by atoms with Gasteiger partial charge >= 0.3 is 6.09 Å². The predicted octanol–water partition coefficient (Wildman–Crippen LogP) is 6.62. The van der Waals surface area contributed by atoms with Crippen molar-refractivity contribution in [2.75, 3.05) is 19.5 Å². The minimum absolute atomic E-state index is 0.191. The number of benzene rings is 3. The highest BCUT2D eigenvalue weighted by Gasteiger charge is 2.48. The van der Waals surface area contributed by atoms with E-state index in [9.17, 15) is 19.5 Å². The van der Waals surface area contributed by atoms with Crippen LogP contribution in [0, 0.1) is 19.3 Å². The third-order valence-electron chi connectivity index (χ3n) is 8.64. The van der Waals surface area contributed by atoms with E-state index < -0.39 is 42.1 Å². The molecule has 3 N–H and O–H groups in total. The minimum atomic E-state index is -2.15. The Balaban J connectivity index is 1.70. The molecule has 4 atom stereocenters. The van der Waals surface area contributed by atoms with Crippen LogP contribution >= 0.6 is 0 Å². The van der Waals surface area contributed by atoms with Crippen molar-refractivity contribution in [3.05, 3.63) is 82.9 Å². The van der Waals surface area contributed by atoms with Crippen molar-refractivity contribution in [1.82, 2.24) is 4.90 Å². The smallest absolute Gasteiger partial charge is 0.421 e. The average molecular weight is 690 g/mol. The van der Waals surface area contributed by atoms with E-state index in [1.807, 2.05) is 39.0 Å². The van der Waals surface area contributed by atoms with Gasteiger partial charge in [0.05, 0.1) is 14.2 Å². The number of nitrogens with zero attached hydrogens (tertiary/aromatic N) is 1. The maximum absolute atomic E-state index is 13.5. The van der Waals surface area contributed by atoms with Crippen LogP contribution in [0.2, 0.25) is 0 Å². The molecule has 4 rings (SSSR count). The van der Waals surface area contributed by atoms with Crippen LogP contribution in [0.5, 0.6) is 17.2 Å². The van der Waals surface area contributed by atoms with Crippen LogP contribution in [0.25, 0.3) is 0 Å². The summed E-state index contributed by atoms with van der Waals surface area (Å²) in [6.07, 6.45) is 0.0464. The van der Waals surface area contributed by atoms with Gasteiger partial charge in [0.2, 0.25) is 0 Å². The van der Waals surface area contributed by atoms with E-state index in [2.05, 4.69) is 12.2 Å². The lowest BCUT2D eigenvalue weighted by molar-refractivity contribution is -0.209. The molecule has 3 aromatic rings. The minimum Gasteiger partial charge on any atom is -0.497 e. The zero-order valence-corrected chi connectivity index (χ0v) is 29.5. The Bertz CT molecular complexity index is 1660. The lowest BCUT2D eigenvalue weighted by Crippen LogP contribution is -2.48. The number of nitrogens with one attached hydrogen (secondary N) is 2. The number of cyclic esters (lactones) is 1. The summed E-state index contributed by atoms with van der Waals surface area (Å²) < 4.78 is 28.6. The molecular formula is C38H47N3O9. The van der Waals surface area contributed by atoms with Crippen LogP contribution < -0.4 is 19.5 Å². The van der Waals surface area contributed by atoms with Crippen LogP contribution in [0.4, 0.5) is 10.5 Å². The summed E-state index contributed by atoms with van der Waals surface area (Å²) in [6, 6.07) is 17.0. The monoisotopic (exact) mass is 689 g/mol. The van der Waals surface area contributed by atoms with Crippen molar-refractivity contribution in [1.29, 1.82) is 5.41 Å². The largest absolute Gasteiger partial charge is 0.497 e. The van der Waals surface area contributed by atoms with Crippen LogP contribution in [0.15, 0.2) is 60.7 Å². The molecule has 0 radical (unpaired) electrons. The van der Waals surface area contributed by atoms with E-state index in [0.717, 1.165) is 36.6 Å². The SMILES string of the molecule is CCCCCCC1OC(=O)N(C(O)OC(C=N)(c2ccc(OC)cc2)c2cc(NC(=O)C(CC)Oc3ccc(C)cc3C)ccc2OC)C1=O. The van der Waals surface area contributed by atoms with E-state index >= 15 is 0 Å². The Morgan fingerprint density at radius 2 is 1.72 bits per heavy atom. The molecule has 0 aromatic heterocycles. The molecule has 0 spiro atoms. The molecule has 12 heteroatoms. The van der Waals surface area contributed by atoms with Crippen molar-refractivity contribution in [3.63, 3.8) is 0 Å². The fourth-order valence-corrected chi connectivity index (χ4v) is 5.86. The third kappa shape index (κ3) is 8.43. The van der Waals surface area contributed by atoms with Crippen LogP contribution in [0.1, 0.15) is 74.6 Å². The highest BCUT2D eigenvalue weighted by molar-refractivity contribution is 6.00. The quantitative estimate of drug-likeness (QED) is 0.0759. The van der Waals surface area contributed by atoms with E-state index in [-0.39, 0.29) is 11.3 Å². The Morgan fingerprint density at radius 1 is 1.00 bits per heavy atom. The number of imide groups is 1. The van der Waals surface area contributed by atoms with Crippen molar-refractivity contribution in [3.8, 4) is 17.2 Å². The van der Waals surface area contributed by atoms with Crippen molar-refractivity contribution < 1.29 is 43.2 Å². The average Bonchev–Trinajstić information content (AvgIpc) is 3.40. The van der Waals surface area contributed by atoms with Gasteiger partial charge in [-0.1, -0.05) is 62.9 Å². The molecule has 1 saturated heterocycles. The molecular weight excluding hydrogens is 642 g/mol. The van der Waals surface area contributed by atoms with Crippen molar-refractivity contribution in [2.45, 2.75) is 90.4 Å². The lowest BCUT2D eigenvalue weighted by Gasteiger charge is -2.35. The van der Waals surface area contributed by atoms with E-state index in [1.165, 1.54) is 14.2 Å². The van der Waals surface area contributed by atoms with E-state index in [1.54, 1.807) is 42.5 Å². The number of anilines is 1. The van der Waals surface area contributed by atoms with Crippen molar-refractivity contribution in [2.24, 2.45) is 0 Å². The molecule has 50 heavy (non-hydrogen) atoms. The Kier molecular flexibility index (Phi) is 13.0. The predicted molar refractivity (Wildman–Crippen MR) is 188 cm³/mol. The molecule has 1 aliphatic heterocycles. The molecule has 1 aliphatic rings. The van der Waals surface area contributed by atoms with E-state index in [0.29, 0.717) is 46.9 Å². The number of aryl methyl sites for hydroxylation is 2. The number of methoxy groups -OCH3 is 2. The number of hydrogen-bond acceptors (Lipinski definition) is 10. The summed E-state index contributed by atoms with van der Waals surface area (Å²) in [7, 11) is 2.93. The number of ether oxygens (including phenoxy) is 5. The zero-order chi connectivity index (χ0) is 36.4. The molecule has 4 unspecified atom stereocenters. The summed E-state index contributed by atoms with van der Waals surface area (Å²) >= 11 is 0. The van der Waals surface area contributed by atoms with Gasteiger partial charge in [-0.2, -0.15) is 4.90 Å². The molecule has 3 aromatic carbocycles. The van der Waals surface area contributed by atoms with Gasteiger partial charge in [-0.15, -0.1) is 0 Å². The van der Waals surface area contributed by atoms with Crippen LogP contribution in [-0.4, -0.2) is 67.0 Å². The molecule has 0 aliphatic carbocycles. The topological polar surface area (TPSA) is 157 Å². The molecule has 0 bridgehead atoms. The lowest BCUT2D eigenvalue weighted by atomic mass is 9.86. The molecule has 268 valence electrons. The maximum atomic E-state index is 13.5. The van der Waals surface area contributed by atoms with Gasteiger partial charge in [-0.25, -0.2) is 4.79 Å². The Labute approximate surface area is 293 Å². The Morgan fingerprint density at radius 3 is 2.34 bits per heavy atom. The van der Waals surface area contributed by atoms with Gasteiger partial charge in [0.25, 0.3) is 18.2 Å². The van der Waals surface area contributed by atoms with Gasteiger partial charge in [0, 0.05) is 17.5 Å². The van der Waals surface area contributed by atoms with Gasteiger partial charge in [-0.3, -0.25) is 9.59 Å². The first-order valence-corrected chi connectivity index (χ1v) is 16.8. The second kappa shape index (κ2) is 17.1. The van der Waals surface area contributed by atoms with Gasteiger partial charge < -0.3 is 39.5 Å². The van der Waals surface area contributed by atoms with Crippen molar-refractivity contribution >= 4 is 29.8 Å². The fraction of sp³-hybridized carbons (Fsp3) is 0.421. The van der Waals surface area contributed by atoms with E-state index in [4.69, 9.17) is 29.1 Å². The number of unbranched alkanes of at least 4 members (excludes halogenated alkanes) is 3. The first-order chi connectivity index (χ1) is 24.0. The second-order valence-corrected chi connectivity index (χ2v) is 12.2. The first-order valence-electron chi connectivity index (χ1n) is 16.8. The molecule has 1 heterocycles. The standard InChI is InChI=1S/C38H47N3O9/c1-7-9-10-11-12-33-35(43)41(36(44)49-33)37(45)50-38(23-39,26-14-17-28(46-5)18-15-26)29-22-27(16-20-32(29)47-6)40-34(42)30(8-2)48-31-19-13-24(3)21-25(31)4/h13-23,30,33,37,39,45H,7-12H2,1-6H3,(H,40,42). The van der Waals surface area contributed by atoms with Gasteiger partial charge in [0.15, 0.2) is 17.8 Å². The molecule has 1 fully saturated rings. The highest BCUT2D eigenvalue weighted by Crippen LogP contribution is 2.41. The maximum Gasteiger partial charge on any atom is 0.421 e. The van der Waals surface area contributed by atoms with Gasteiger partial charge in [0.1, 0.15) is 17.2 Å².